The summed E-state index contributed by atoms with van der Waals surface area (Å²) in [5.41, 5.74) is 3.23. The number of methoxy groups -OCH3 is 2. The quantitative estimate of drug-likeness (QED) is 0.616. The summed E-state index contributed by atoms with van der Waals surface area (Å²) in [5, 5.41) is 5.90. The summed E-state index contributed by atoms with van der Waals surface area (Å²) >= 11 is 4.94. The van der Waals surface area contributed by atoms with E-state index in [1.807, 2.05) is 23.6 Å². The molecule has 116 valence electrons. The Kier molecular flexibility index (Phi) is 5.97. The molecular formula is C15H15BrN2O3S. The van der Waals surface area contributed by atoms with E-state index in [0.29, 0.717) is 17.9 Å². The largest absolute Gasteiger partial charge is 0.496 e. The van der Waals surface area contributed by atoms with Crippen molar-refractivity contribution in [1.82, 2.24) is 5.43 Å². The van der Waals surface area contributed by atoms with Gasteiger partial charge in [0.2, 0.25) is 5.91 Å². The maximum absolute atomic E-state index is 11.7. The van der Waals surface area contributed by atoms with Gasteiger partial charge in [0.25, 0.3) is 0 Å². The van der Waals surface area contributed by atoms with Crippen molar-refractivity contribution in [1.29, 1.82) is 0 Å². The molecule has 0 aliphatic carbocycles. The molecular weight excluding hydrogens is 368 g/mol. The van der Waals surface area contributed by atoms with Crippen LogP contribution in [0.3, 0.4) is 0 Å². The van der Waals surface area contributed by atoms with Crippen molar-refractivity contribution in [3.63, 3.8) is 0 Å². The molecule has 0 saturated carbocycles. The van der Waals surface area contributed by atoms with E-state index >= 15 is 0 Å². The highest BCUT2D eigenvalue weighted by Crippen LogP contribution is 2.31. The Morgan fingerprint density at radius 2 is 2.14 bits per heavy atom. The number of ether oxygens (including phenoxy) is 2. The summed E-state index contributed by atoms with van der Waals surface area (Å²) in [7, 11) is 3.15. The molecule has 2 rings (SSSR count). The van der Waals surface area contributed by atoms with Gasteiger partial charge >= 0.3 is 0 Å². The van der Waals surface area contributed by atoms with E-state index in [1.165, 1.54) is 6.21 Å². The first-order valence-corrected chi connectivity index (χ1v) is 8.07. The molecule has 2 aromatic rings. The SMILES string of the molecule is COc1cc(OC)c(/C=N\NC(=O)Cc2cccs2)cc1Br. The van der Waals surface area contributed by atoms with Crippen LogP contribution in [-0.4, -0.2) is 26.3 Å². The van der Waals surface area contributed by atoms with Crippen molar-refractivity contribution in [3.8, 4) is 11.5 Å². The van der Waals surface area contributed by atoms with Gasteiger partial charge in [-0.1, -0.05) is 6.07 Å². The molecule has 0 atom stereocenters. The van der Waals surface area contributed by atoms with Crippen LogP contribution >= 0.6 is 27.3 Å². The molecule has 0 saturated heterocycles. The number of hydrogen-bond acceptors (Lipinski definition) is 5. The lowest BCUT2D eigenvalue weighted by Gasteiger charge is -2.09. The molecule has 22 heavy (non-hydrogen) atoms. The number of carbonyl (C=O) groups excluding carboxylic acids is 1. The lowest BCUT2D eigenvalue weighted by molar-refractivity contribution is -0.120. The van der Waals surface area contributed by atoms with Crippen LogP contribution in [0.2, 0.25) is 0 Å². The summed E-state index contributed by atoms with van der Waals surface area (Å²) < 4.78 is 11.3. The van der Waals surface area contributed by atoms with E-state index in [0.717, 1.165) is 14.9 Å². The van der Waals surface area contributed by atoms with Crippen molar-refractivity contribution in [3.05, 3.63) is 44.6 Å². The molecule has 1 heterocycles. The van der Waals surface area contributed by atoms with Crippen LogP contribution in [0.4, 0.5) is 0 Å². The second-order valence-corrected chi connectivity index (χ2v) is 6.16. The predicted octanol–water partition coefficient (Wildman–Crippen LogP) is 3.22. The number of nitrogens with zero attached hydrogens (tertiary/aromatic N) is 1. The molecule has 1 aromatic heterocycles. The zero-order valence-corrected chi connectivity index (χ0v) is 14.5. The van der Waals surface area contributed by atoms with Crippen molar-refractivity contribution in [2.45, 2.75) is 6.42 Å². The van der Waals surface area contributed by atoms with Crippen LogP contribution in [0, 0.1) is 0 Å². The molecule has 0 radical (unpaired) electrons. The zero-order chi connectivity index (χ0) is 15.9. The van der Waals surface area contributed by atoms with Gasteiger partial charge in [0, 0.05) is 16.5 Å². The first-order chi connectivity index (χ1) is 10.6. The van der Waals surface area contributed by atoms with Crippen LogP contribution in [0.15, 0.2) is 39.2 Å². The second kappa shape index (κ2) is 7.95. The molecule has 0 unspecified atom stereocenters. The van der Waals surface area contributed by atoms with E-state index < -0.39 is 0 Å². The van der Waals surface area contributed by atoms with E-state index in [9.17, 15) is 4.79 Å². The summed E-state index contributed by atoms with van der Waals surface area (Å²) in [4.78, 5) is 12.7. The third kappa shape index (κ3) is 4.32. The van der Waals surface area contributed by atoms with Crippen LogP contribution in [0.25, 0.3) is 0 Å². The highest BCUT2D eigenvalue weighted by molar-refractivity contribution is 9.10. The third-order valence-corrected chi connectivity index (χ3v) is 4.31. The molecule has 5 nitrogen and oxygen atoms in total. The molecule has 0 aliphatic heterocycles. The average molecular weight is 383 g/mol. The summed E-state index contributed by atoms with van der Waals surface area (Å²) in [6, 6.07) is 7.39. The summed E-state index contributed by atoms with van der Waals surface area (Å²) in [5.74, 6) is 1.11. The number of nitrogens with one attached hydrogen (secondary N) is 1. The van der Waals surface area contributed by atoms with E-state index in [2.05, 4.69) is 26.5 Å². The Labute approximate surface area is 141 Å². The second-order valence-electron chi connectivity index (χ2n) is 4.28. The number of hydrazone groups is 1. The molecule has 1 N–H and O–H groups in total. The fourth-order valence-electron chi connectivity index (χ4n) is 1.77. The number of carbonyl (C=O) groups is 1. The topological polar surface area (TPSA) is 59.9 Å². The van der Waals surface area contributed by atoms with Crippen LogP contribution in [0.1, 0.15) is 10.4 Å². The minimum Gasteiger partial charge on any atom is -0.496 e. The van der Waals surface area contributed by atoms with Crippen molar-refractivity contribution >= 4 is 39.4 Å². The molecule has 0 aliphatic rings. The van der Waals surface area contributed by atoms with Gasteiger partial charge in [-0.15, -0.1) is 11.3 Å². The first kappa shape index (κ1) is 16.5. The maximum atomic E-state index is 11.7. The van der Waals surface area contributed by atoms with Crippen LogP contribution < -0.4 is 14.9 Å². The fourth-order valence-corrected chi connectivity index (χ4v) is 3.00. The van der Waals surface area contributed by atoms with Gasteiger partial charge in [0.15, 0.2) is 0 Å². The lowest BCUT2D eigenvalue weighted by atomic mass is 10.2. The van der Waals surface area contributed by atoms with Gasteiger partial charge < -0.3 is 9.47 Å². The van der Waals surface area contributed by atoms with Gasteiger partial charge in [0.05, 0.1) is 31.3 Å². The van der Waals surface area contributed by atoms with Gasteiger partial charge in [-0.25, -0.2) is 5.43 Å². The standard InChI is InChI=1S/C15H15BrN2O3S/c1-20-13-8-14(21-2)12(16)6-10(13)9-17-18-15(19)7-11-4-3-5-22-11/h3-6,8-9H,7H2,1-2H3,(H,18,19)/b17-9-. The molecule has 0 spiro atoms. The van der Waals surface area contributed by atoms with Crippen molar-refractivity contribution in [2.75, 3.05) is 14.2 Å². The summed E-state index contributed by atoms with van der Waals surface area (Å²) in [6.07, 6.45) is 1.85. The smallest absolute Gasteiger partial charge is 0.245 e. The lowest BCUT2D eigenvalue weighted by Crippen LogP contribution is -2.19. The molecule has 0 fully saturated rings. The number of thiophene rings is 1. The predicted molar refractivity (Wildman–Crippen MR) is 91.0 cm³/mol. The maximum Gasteiger partial charge on any atom is 0.245 e. The minimum atomic E-state index is -0.162. The Morgan fingerprint density at radius 1 is 1.36 bits per heavy atom. The van der Waals surface area contributed by atoms with Gasteiger partial charge in [0.1, 0.15) is 11.5 Å². The van der Waals surface area contributed by atoms with Gasteiger partial charge in [-0.3, -0.25) is 4.79 Å². The minimum absolute atomic E-state index is 0.162. The Hall–Kier alpha value is -1.86. The Balaban J connectivity index is 2.03. The van der Waals surface area contributed by atoms with E-state index in [-0.39, 0.29) is 5.91 Å². The number of hydrogen-bond donors (Lipinski definition) is 1. The zero-order valence-electron chi connectivity index (χ0n) is 12.1. The highest BCUT2D eigenvalue weighted by atomic mass is 79.9. The highest BCUT2D eigenvalue weighted by Gasteiger charge is 2.08. The van der Waals surface area contributed by atoms with Crippen molar-refractivity contribution in [2.24, 2.45) is 5.10 Å². The summed E-state index contributed by atoms with van der Waals surface area (Å²) in [6.45, 7) is 0. The Bertz CT molecular complexity index is 672. The van der Waals surface area contributed by atoms with Crippen molar-refractivity contribution < 1.29 is 14.3 Å². The Morgan fingerprint density at radius 3 is 2.77 bits per heavy atom. The molecule has 1 aromatic carbocycles. The normalized spacial score (nSPS) is 10.7. The molecule has 7 heteroatoms. The third-order valence-electron chi connectivity index (χ3n) is 2.81. The van der Waals surface area contributed by atoms with Crippen LogP contribution in [-0.2, 0) is 11.2 Å². The number of rotatable bonds is 6. The monoisotopic (exact) mass is 382 g/mol. The van der Waals surface area contributed by atoms with Gasteiger partial charge in [-0.2, -0.15) is 5.10 Å². The van der Waals surface area contributed by atoms with Gasteiger partial charge in [-0.05, 0) is 33.4 Å². The average Bonchev–Trinajstić information content (AvgIpc) is 3.00. The number of benzene rings is 1. The number of amides is 1. The van der Waals surface area contributed by atoms with Crippen LogP contribution in [0.5, 0.6) is 11.5 Å². The fraction of sp³-hybridized carbons (Fsp3) is 0.200. The van der Waals surface area contributed by atoms with E-state index in [4.69, 9.17) is 9.47 Å². The van der Waals surface area contributed by atoms with E-state index in [1.54, 1.807) is 31.6 Å². The molecule has 0 bridgehead atoms. The number of halogens is 1. The first-order valence-electron chi connectivity index (χ1n) is 6.40. The molecule has 1 amide bonds.